The van der Waals surface area contributed by atoms with Crippen molar-refractivity contribution in [3.63, 3.8) is 0 Å². The maximum Gasteiger partial charge on any atom is 0.334 e. The molecule has 2 heterocycles. The molecule has 0 spiro atoms. The Balaban J connectivity index is 2.24. The van der Waals surface area contributed by atoms with Gasteiger partial charge in [-0.3, -0.25) is 9.59 Å². The molecule has 2 fully saturated rings. The van der Waals surface area contributed by atoms with Crippen molar-refractivity contribution in [2.75, 3.05) is 20.7 Å². The number of rotatable bonds is 7. The molecule has 2 aliphatic heterocycles. The Labute approximate surface area is 195 Å². The van der Waals surface area contributed by atoms with Crippen molar-refractivity contribution in [3.05, 3.63) is 23.0 Å². The molecule has 10 heteroatoms. The molecule has 2 rings (SSSR count). The van der Waals surface area contributed by atoms with Gasteiger partial charge in [0.05, 0.1) is 17.4 Å². The maximum absolute atomic E-state index is 13.1. The number of carbonyl (C=O) groups is 3. The van der Waals surface area contributed by atoms with E-state index in [1.54, 1.807) is 24.4 Å². The van der Waals surface area contributed by atoms with Crippen LogP contribution < -0.4 is 0 Å². The van der Waals surface area contributed by atoms with E-state index >= 15 is 0 Å². The van der Waals surface area contributed by atoms with E-state index in [2.05, 4.69) is 40.4 Å². The molecular weight excluding hydrogens is 452 g/mol. The number of β-lactam (4-membered cyclic amide) rings is 1. The number of ether oxygens (including phenoxy) is 1. The molecule has 1 unspecified atom stereocenters. The van der Waals surface area contributed by atoms with Crippen LogP contribution in [0.4, 0.5) is 4.79 Å². The number of nitrogens with zero attached hydrogens (tertiary/aromatic N) is 2. The Hall–Kier alpha value is -1.23. The lowest BCUT2D eigenvalue weighted by Gasteiger charge is -2.48. The summed E-state index contributed by atoms with van der Waals surface area (Å²) in [5.41, 5.74) is 0. The minimum Gasteiger partial charge on any atom is -0.460 e. The molecule has 31 heavy (non-hydrogen) atoms. The van der Waals surface area contributed by atoms with E-state index < -0.39 is 20.3 Å². The van der Waals surface area contributed by atoms with E-state index in [9.17, 15) is 14.4 Å². The summed E-state index contributed by atoms with van der Waals surface area (Å²) in [5.74, 6) is -0.963. The van der Waals surface area contributed by atoms with Crippen molar-refractivity contribution >= 4 is 49.0 Å². The summed E-state index contributed by atoms with van der Waals surface area (Å²) in [4.78, 5) is 41.5. The molecule has 2 aliphatic rings. The predicted molar refractivity (Wildman–Crippen MR) is 129 cm³/mol. The molecule has 0 aliphatic carbocycles. The van der Waals surface area contributed by atoms with E-state index in [0.717, 1.165) is 11.8 Å². The summed E-state index contributed by atoms with van der Waals surface area (Å²) in [5, 5.41) is 1.32. The highest BCUT2D eigenvalue weighted by Crippen LogP contribution is 2.53. The standard InChI is InChI=1S/C21H34N2O5S2Si/c1-10-11-27-19(25)16-14(12-29-20(26)22(6)7)30-18-15(17(24)23(16)18)13(2)28-31(8,9)21(3,4)5/h10,12-13,15-16,18H,1,11H2,2-9H3/b14-12+/t13-,15+,16?,18-/m1/s1. The number of hydrogen-bond acceptors (Lipinski definition) is 7. The molecule has 174 valence electrons. The quantitative estimate of drug-likeness (QED) is 0.230. The van der Waals surface area contributed by atoms with Gasteiger partial charge in [-0.1, -0.05) is 33.4 Å². The number of fused-ring (bicyclic) bond motifs is 1. The Morgan fingerprint density at radius 2 is 1.97 bits per heavy atom. The third kappa shape index (κ3) is 5.40. The molecule has 0 bridgehead atoms. The highest BCUT2D eigenvalue weighted by molar-refractivity contribution is 8.16. The highest BCUT2D eigenvalue weighted by atomic mass is 32.2. The Kier molecular flexibility index (Phi) is 8.16. The van der Waals surface area contributed by atoms with E-state index in [4.69, 9.17) is 9.16 Å². The molecule has 0 saturated carbocycles. The minimum atomic E-state index is -2.05. The summed E-state index contributed by atoms with van der Waals surface area (Å²) < 4.78 is 11.7. The lowest BCUT2D eigenvalue weighted by atomic mass is 9.91. The van der Waals surface area contributed by atoms with Crippen molar-refractivity contribution in [1.29, 1.82) is 0 Å². The van der Waals surface area contributed by atoms with Gasteiger partial charge in [0.15, 0.2) is 14.4 Å². The molecule has 0 aromatic carbocycles. The second kappa shape index (κ2) is 9.72. The van der Waals surface area contributed by atoms with Gasteiger partial charge < -0.3 is 19.0 Å². The van der Waals surface area contributed by atoms with Gasteiger partial charge in [0.2, 0.25) is 5.91 Å². The number of hydrogen-bond donors (Lipinski definition) is 0. The molecule has 0 aromatic heterocycles. The molecule has 0 aromatic rings. The molecule has 0 radical (unpaired) electrons. The van der Waals surface area contributed by atoms with Gasteiger partial charge in [-0.15, -0.1) is 11.8 Å². The smallest absolute Gasteiger partial charge is 0.334 e. The average Bonchev–Trinajstić information content (AvgIpc) is 2.96. The van der Waals surface area contributed by atoms with Crippen molar-refractivity contribution in [2.45, 2.75) is 63.3 Å². The largest absolute Gasteiger partial charge is 0.460 e. The Bertz CT molecular complexity index is 778. The first-order valence-electron chi connectivity index (χ1n) is 10.2. The van der Waals surface area contributed by atoms with Gasteiger partial charge in [0.25, 0.3) is 5.24 Å². The monoisotopic (exact) mass is 486 g/mol. The van der Waals surface area contributed by atoms with Crippen LogP contribution in [0.3, 0.4) is 0 Å². The van der Waals surface area contributed by atoms with Gasteiger partial charge in [-0.2, -0.15) is 0 Å². The Morgan fingerprint density at radius 1 is 1.35 bits per heavy atom. The van der Waals surface area contributed by atoms with E-state index in [-0.39, 0.29) is 40.2 Å². The first kappa shape index (κ1) is 26.0. The number of thioether (sulfide) groups is 2. The lowest BCUT2D eigenvalue weighted by Crippen LogP contribution is -2.65. The molecule has 0 N–H and O–H groups in total. The van der Waals surface area contributed by atoms with Gasteiger partial charge in [0, 0.05) is 19.0 Å². The van der Waals surface area contributed by atoms with Crippen LogP contribution in [-0.2, 0) is 18.8 Å². The van der Waals surface area contributed by atoms with Gasteiger partial charge in [-0.25, -0.2) is 4.79 Å². The number of esters is 1. The molecule has 7 nitrogen and oxygen atoms in total. The second-order valence-electron chi connectivity index (χ2n) is 9.48. The highest BCUT2D eigenvalue weighted by Gasteiger charge is 2.61. The van der Waals surface area contributed by atoms with Crippen LogP contribution in [0.1, 0.15) is 27.7 Å². The third-order valence-corrected chi connectivity index (χ3v) is 13.0. The van der Waals surface area contributed by atoms with Gasteiger partial charge >= 0.3 is 5.97 Å². The SMILES string of the molecule is C=CCOC(=O)C1/C(=C\SC(=O)N(C)C)S[C@@H]2[C@@H]([C@@H](C)O[Si](C)(C)C(C)(C)C)C(=O)N12. The zero-order chi connectivity index (χ0) is 23.7. The first-order chi connectivity index (χ1) is 14.2. The average molecular weight is 487 g/mol. The number of carbonyl (C=O) groups excluding carboxylic acids is 3. The van der Waals surface area contributed by atoms with Crippen LogP contribution in [0.2, 0.25) is 18.1 Å². The van der Waals surface area contributed by atoms with E-state index in [1.165, 1.54) is 22.7 Å². The van der Waals surface area contributed by atoms with Crippen LogP contribution >= 0.6 is 23.5 Å². The summed E-state index contributed by atoms with van der Waals surface area (Å²) in [7, 11) is 1.28. The summed E-state index contributed by atoms with van der Waals surface area (Å²) >= 11 is 2.44. The maximum atomic E-state index is 13.1. The zero-order valence-electron chi connectivity index (χ0n) is 19.6. The summed E-state index contributed by atoms with van der Waals surface area (Å²) in [6, 6.07) is -0.832. The molecule has 2 saturated heterocycles. The van der Waals surface area contributed by atoms with Crippen LogP contribution in [0.25, 0.3) is 0 Å². The minimum absolute atomic E-state index is 0.0296. The fourth-order valence-corrected chi connectivity index (χ4v) is 6.95. The summed E-state index contributed by atoms with van der Waals surface area (Å²) in [6.07, 6.45) is 1.23. The van der Waals surface area contributed by atoms with Gasteiger partial charge in [-0.05, 0) is 42.2 Å². The van der Waals surface area contributed by atoms with Crippen molar-refractivity contribution in [3.8, 4) is 0 Å². The second-order valence-corrected chi connectivity index (χ2v) is 16.2. The Morgan fingerprint density at radius 3 is 2.48 bits per heavy atom. The van der Waals surface area contributed by atoms with Crippen LogP contribution in [0.5, 0.6) is 0 Å². The molecule has 4 atom stereocenters. The fraction of sp³-hybridized carbons (Fsp3) is 0.667. The van der Waals surface area contributed by atoms with E-state index in [0.29, 0.717) is 4.91 Å². The lowest BCUT2D eigenvalue weighted by molar-refractivity contribution is -0.167. The van der Waals surface area contributed by atoms with Crippen LogP contribution in [0, 0.1) is 5.92 Å². The van der Waals surface area contributed by atoms with Crippen molar-refractivity contribution < 1.29 is 23.5 Å². The van der Waals surface area contributed by atoms with Crippen LogP contribution in [-0.4, -0.2) is 73.5 Å². The van der Waals surface area contributed by atoms with Crippen molar-refractivity contribution in [1.82, 2.24) is 9.80 Å². The number of amides is 2. The normalized spacial score (nSPS) is 25.7. The van der Waals surface area contributed by atoms with E-state index in [1.807, 2.05) is 6.92 Å². The molecular formula is C21H34N2O5S2Si. The molecule has 2 amide bonds. The zero-order valence-corrected chi connectivity index (χ0v) is 22.3. The first-order valence-corrected chi connectivity index (χ1v) is 14.9. The summed E-state index contributed by atoms with van der Waals surface area (Å²) in [6.45, 7) is 16.4. The third-order valence-electron chi connectivity index (χ3n) is 5.93. The topological polar surface area (TPSA) is 76.1 Å². The van der Waals surface area contributed by atoms with Crippen LogP contribution in [0.15, 0.2) is 23.0 Å². The fourth-order valence-electron chi connectivity index (χ4n) is 3.16. The predicted octanol–water partition coefficient (Wildman–Crippen LogP) is 4.28. The van der Waals surface area contributed by atoms with Gasteiger partial charge in [0.1, 0.15) is 6.61 Å². The van der Waals surface area contributed by atoms with Crippen molar-refractivity contribution in [2.24, 2.45) is 5.92 Å².